The Morgan fingerprint density at radius 3 is 2.53 bits per heavy atom. The maximum Gasteiger partial charge on any atom is 0.0332 e. The lowest BCUT2D eigenvalue weighted by atomic mass is 9.89. The highest BCUT2D eigenvalue weighted by Crippen LogP contribution is 2.26. The van der Waals surface area contributed by atoms with E-state index in [2.05, 4.69) is 50.0 Å². The molecule has 0 bridgehead atoms. The van der Waals surface area contributed by atoms with Crippen LogP contribution in [0.3, 0.4) is 0 Å². The van der Waals surface area contributed by atoms with Crippen molar-refractivity contribution < 1.29 is 0 Å². The first-order valence-electron chi connectivity index (χ1n) is 7.69. The molecule has 0 spiro atoms. The normalized spacial score (nSPS) is 23.7. The molecule has 1 aromatic heterocycles. The second-order valence-corrected chi connectivity index (χ2v) is 7.10. The van der Waals surface area contributed by atoms with Gasteiger partial charge >= 0.3 is 0 Å². The largest absolute Gasteiger partial charge is 0.308 e. The average Bonchev–Trinajstić information content (AvgIpc) is 2.89. The zero-order valence-electron chi connectivity index (χ0n) is 12.8. The number of piperazine rings is 1. The summed E-state index contributed by atoms with van der Waals surface area (Å²) in [5.41, 5.74) is 0.331. The summed E-state index contributed by atoms with van der Waals surface area (Å²) >= 11 is 1.98. The van der Waals surface area contributed by atoms with Gasteiger partial charge in [0.05, 0.1) is 0 Å². The van der Waals surface area contributed by atoms with Crippen LogP contribution in [0.15, 0.2) is 12.1 Å². The van der Waals surface area contributed by atoms with E-state index in [-0.39, 0.29) is 0 Å². The van der Waals surface area contributed by atoms with Gasteiger partial charge in [-0.15, -0.1) is 11.3 Å². The summed E-state index contributed by atoms with van der Waals surface area (Å²) in [7, 11) is 0. The Labute approximate surface area is 122 Å². The van der Waals surface area contributed by atoms with Crippen molar-refractivity contribution in [2.24, 2.45) is 0 Å². The Hall–Kier alpha value is -0.380. The van der Waals surface area contributed by atoms with Crippen molar-refractivity contribution in [2.45, 2.75) is 65.1 Å². The predicted octanol–water partition coefficient (Wildman–Crippen LogP) is 3.66. The lowest BCUT2D eigenvalue weighted by Gasteiger charge is -2.46. The number of rotatable bonds is 5. The molecule has 1 atom stereocenters. The van der Waals surface area contributed by atoms with Crippen LogP contribution in [-0.2, 0) is 13.0 Å². The molecular weight excluding hydrogens is 252 g/mol. The van der Waals surface area contributed by atoms with Gasteiger partial charge in [-0.1, -0.05) is 20.8 Å². The molecule has 0 radical (unpaired) electrons. The van der Waals surface area contributed by atoms with Crippen LogP contribution in [0.5, 0.6) is 0 Å². The molecule has 19 heavy (non-hydrogen) atoms. The van der Waals surface area contributed by atoms with E-state index >= 15 is 0 Å². The third-order valence-electron chi connectivity index (χ3n) is 4.68. The lowest BCUT2D eigenvalue weighted by Crippen LogP contribution is -2.62. The average molecular weight is 280 g/mol. The Balaban J connectivity index is 2.04. The fraction of sp³-hybridized carbons (Fsp3) is 0.750. The molecular formula is C16H28N2S. The minimum atomic E-state index is 0.331. The Morgan fingerprint density at radius 2 is 1.95 bits per heavy atom. The molecule has 1 aliphatic rings. The monoisotopic (exact) mass is 280 g/mol. The van der Waals surface area contributed by atoms with Gasteiger partial charge in [0, 0.05) is 41.0 Å². The van der Waals surface area contributed by atoms with Crippen LogP contribution in [0.25, 0.3) is 0 Å². The van der Waals surface area contributed by atoms with Crippen LogP contribution in [0.2, 0.25) is 0 Å². The fourth-order valence-corrected chi connectivity index (χ4v) is 3.91. The molecule has 1 fully saturated rings. The van der Waals surface area contributed by atoms with Gasteiger partial charge in [-0.3, -0.25) is 4.90 Å². The molecule has 2 rings (SSSR count). The molecule has 2 heterocycles. The van der Waals surface area contributed by atoms with Crippen molar-refractivity contribution in [1.82, 2.24) is 10.2 Å². The van der Waals surface area contributed by atoms with Gasteiger partial charge in [-0.25, -0.2) is 0 Å². The summed E-state index contributed by atoms with van der Waals surface area (Å²) in [5.74, 6) is 0. The summed E-state index contributed by atoms with van der Waals surface area (Å²) in [5, 5.41) is 3.78. The van der Waals surface area contributed by atoms with Crippen molar-refractivity contribution in [1.29, 1.82) is 0 Å². The highest BCUT2D eigenvalue weighted by atomic mass is 32.1. The van der Waals surface area contributed by atoms with Crippen LogP contribution in [-0.4, -0.2) is 29.6 Å². The molecule has 0 aliphatic carbocycles. The van der Waals surface area contributed by atoms with Crippen LogP contribution < -0.4 is 5.32 Å². The van der Waals surface area contributed by atoms with Gasteiger partial charge in [0.15, 0.2) is 0 Å². The van der Waals surface area contributed by atoms with Gasteiger partial charge in [0.2, 0.25) is 0 Å². The van der Waals surface area contributed by atoms with E-state index in [9.17, 15) is 0 Å². The quantitative estimate of drug-likeness (QED) is 0.885. The molecule has 1 aromatic rings. The van der Waals surface area contributed by atoms with Gasteiger partial charge < -0.3 is 5.32 Å². The van der Waals surface area contributed by atoms with Crippen LogP contribution >= 0.6 is 11.3 Å². The smallest absolute Gasteiger partial charge is 0.0332 e. The zero-order valence-corrected chi connectivity index (χ0v) is 13.6. The summed E-state index contributed by atoms with van der Waals surface area (Å²) in [6.07, 6.45) is 3.60. The summed E-state index contributed by atoms with van der Waals surface area (Å²) in [6, 6.07) is 5.25. The minimum Gasteiger partial charge on any atom is -0.308 e. The number of hydrogen-bond acceptors (Lipinski definition) is 3. The lowest BCUT2D eigenvalue weighted by molar-refractivity contribution is 0.0754. The standard InChI is InChI=1S/C16H28N2S/c1-5-14-8-9-15(19-14)11-18-12-16(6-2,7-3)17-10-13(18)4/h8-9,13,17H,5-7,10-12H2,1-4H3. The van der Waals surface area contributed by atoms with Crippen molar-refractivity contribution in [3.63, 3.8) is 0 Å². The van der Waals surface area contributed by atoms with Crippen LogP contribution in [0.4, 0.5) is 0 Å². The van der Waals surface area contributed by atoms with E-state index in [4.69, 9.17) is 0 Å². The van der Waals surface area contributed by atoms with E-state index in [1.165, 1.54) is 29.1 Å². The fourth-order valence-electron chi connectivity index (χ4n) is 2.93. The molecule has 0 aromatic carbocycles. The molecule has 0 amide bonds. The minimum absolute atomic E-state index is 0.331. The van der Waals surface area contributed by atoms with Crippen molar-refractivity contribution in [3.8, 4) is 0 Å². The Kier molecular flexibility index (Phi) is 5.04. The first-order valence-corrected chi connectivity index (χ1v) is 8.50. The number of thiophene rings is 1. The number of aryl methyl sites for hydroxylation is 1. The second-order valence-electron chi connectivity index (χ2n) is 5.84. The third kappa shape index (κ3) is 3.39. The summed E-state index contributed by atoms with van der Waals surface area (Å²) in [4.78, 5) is 5.69. The van der Waals surface area contributed by atoms with E-state index in [1.807, 2.05) is 11.3 Å². The Morgan fingerprint density at radius 1 is 1.26 bits per heavy atom. The first kappa shape index (κ1) is 15.0. The van der Waals surface area contributed by atoms with Crippen molar-refractivity contribution in [2.75, 3.05) is 13.1 Å². The molecule has 1 aliphatic heterocycles. The molecule has 1 saturated heterocycles. The van der Waals surface area contributed by atoms with E-state index in [1.54, 1.807) is 0 Å². The SMILES string of the molecule is CCc1ccc(CN2CC(CC)(CC)NCC2C)s1. The zero-order chi connectivity index (χ0) is 13.9. The van der Waals surface area contributed by atoms with Crippen LogP contribution in [0.1, 0.15) is 50.3 Å². The van der Waals surface area contributed by atoms with Gasteiger partial charge in [0.25, 0.3) is 0 Å². The number of nitrogens with one attached hydrogen (secondary N) is 1. The highest BCUT2D eigenvalue weighted by Gasteiger charge is 2.34. The van der Waals surface area contributed by atoms with E-state index in [0.29, 0.717) is 11.6 Å². The van der Waals surface area contributed by atoms with Crippen molar-refractivity contribution >= 4 is 11.3 Å². The molecule has 2 nitrogen and oxygen atoms in total. The van der Waals surface area contributed by atoms with Crippen LogP contribution in [0, 0.1) is 0 Å². The van der Waals surface area contributed by atoms with Crippen molar-refractivity contribution in [3.05, 3.63) is 21.9 Å². The highest BCUT2D eigenvalue weighted by molar-refractivity contribution is 7.11. The number of hydrogen-bond donors (Lipinski definition) is 1. The van der Waals surface area contributed by atoms with E-state index in [0.717, 1.165) is 19.5 Å². The third-order valence-corrected chi connectivity index (χ3v) is 5.89. The summed E-state index contributed by atoms with van der Waals surface area (Å²) < 4.78 is 0. The molecule has 3 heteroatoms. The van der Waals surface area contributed by atoms with Gasteiger partial charge in [0.1, 0.15) is 0 Å². The topological polar surface area (TPSA) is 15.3 Å². The van der Waals surface area contributed by atoms with E-state index < -0.39 is 0 Å². The number of nitrogens with zero attached hydrogens (tertiary/aromatic N) is 1. The molecule has 0 saturated carbocycles. The first-order chi connectivity index (χ1) is 9.12. The maximum absolute atomic E-state index is 3.78. The van der Waals surface area contributed by atoms with Gasteiger partial charge in [-0.05, 0) is 38.3 Å². The molecule has 108 valence electrons. The predicted molar refractivity (Wildman–Crippen MR) is 84.9 cm³/mol. The molecule has 1 N–H and O–H groups in total. The van der Waals surface area contributed by atoms with Gasteiger partial charge in [-0.2, -0.15) is 0 Å². The maximum atomic E-state index is 3.78. The second kappa shape index (κ2) is 6.38. The molecule has 1 unspecified atom stereocenters. The summed E-state index contributed by atoms with van der Waals surface area (Å²) in [6.45, 7) is 12.6. The Bertz CT molecular complexity index is 395.